The number of carbonyl (C=O) groups is 3. The average molecular weight is 497 g/mol. The third kappa shape index (κ3) is 8.68. The molecule has 0 aromatic heterocycles. The lowest BCUT2D eigenvalue weighted by Gasteiger charge is -2.34. The summed E-state index contributed by atoms with van der Waals surface area (Å²) in [6.07, 6.45) is -0.356. The molecule has 194 valence electrons. The lowest BCUT2D eigenvalue weighted by atomic mass is 10.1. The van der Waals surface area contributed by atoms with Gasteiger partial charge in [0.1, 0.15) is 18.2 Å². The van der Waals surface area contributed by atoms with Crippen molar-refractivity contribution in [1.29, 1.82) is 0 Å². The molecule has 1 heterocycles. The first-order valence-corrected chi connectivity index (χ1v) is 12.3. The topological polar surface area (TPSA) is 85.4 Å². The maximum absolute atomic E-state index is 13.4. The Morgan fingerprint density at radius 1 is 0.944 bits per heavy atom. The van der Waals surface area contributed by atoms with E-state index in [1.54, 1.807) is 25.7 Å². The quantitative estimate of drug-likeness (QED) is 0.491. The molecule has 0 unspecified atom stereocenters. The molecule has 0 aliphatic carbocycles. The molecule has 0 radical (unpaired) electrons. The Kier molecular flexibility index (Phi) is 9.87. The second-order valence-corrected chi connectivity index (χ2v) is 9.72. The highest BCUT2D eigenvalue weighted by molar-refractivity contribution is 5.88. The van der Waals surface area contributed by atoms with E-state index >= 15 is 0 Å². The summed E-state index contributed by atoms with van der Waals surface area (Å²) in [4.78, 5) is 42.9. The molecule has 2 aromatic carbocycles. The van der Waals surface area contributed by atoms with E-state index < -0.39 is 23.7 Å². The van der Waals surface area contributed by atoms with E-state index in [0.29, 0.717) is 32.7 Å². The molecule has 1 aliphatic rings. The molecule has 1 saturated heterocycles. The molecule has 0 spiro atoms. The molecule has 1 fully saturated rings. The van der Waals surface area contributed by atoms with Gasteiger partial charge in [-0.25, -0.2) is 9.59 Å². The van der Waals surface area contributed by atoms with Crippen LogP contribution >= 0.6 is 0 Å². The van der Waals surface area contributed by atoms with Crippen molar-refractivity contribution in [3.8, 4) is 0 Å². The molecule has 1 aliphatic heterocycles. The predicted octanol–water partition coefficient (Wildman–Crippen LogP) is 3.83. The fourth-order valence-corrected chi connectivity index (χ4v) is 3.84. The van der Waals surface area contributed by atoms with E-state index in [0.717, 1.165) is 11.1 Å². The predicted molar refractivity (Wildman–Crippen MR) is 135 cm³/mol. The summed E-state index contributed by atoms with van der Waals surface area (Å²) in [6, 6.07) is 17.8. The standard InChI is InChI=1S/C28H36N2O6/c1-28(2,3)36-27(33)30(15-14-22-10-6-4-7-11-22)24(20-25(31)29-16-18-34-19-17-29)26(32)35-21-23-12-8-5-9-13-23/h4-13,24H,14-21H2,1-3H3/t24-/m1/s1. The number of hydrogen-bond acceptors (Lipinski definition) is 6. The molecule has 0 N–H and O–H groups in total. The summed E-state index contributed by atoms with van der Waals surface area (Å²) in [5, 5.41) is 0. The van der Waals surface area contributed by atoms with Gasteiger partial charge in [-0.2, -0.15) is 0 Å². The number of nitrogens with zero attached hydrogens (tertiary/aromatic N) is 2. The highest BCUT2D eigenvalue weighted by Gasteiger charge is 2.37. The number of amides is 2. The largest absolute Gasteiger partial charge is 0.459 e. The third-order valence-electron chi connectivity index (χ3n) is 5.72. The Bertz CT molecular complexity index is 984. The van der Waals surface area contributed by atoms with Gasteiger partial charge in [-0.15, -0.1) is 0 Å². The summed E-state index contributed by atoms with van der Waals surface area (Å²) in [5.74, 6) is -0.868. The van der Waals surface area contributed by atoms with Gasteiger partial charge in [0.2, 0.25) is 5.91 Å². The zero-order chi connectivity index (χ0) is 26.0. The van der Waals surface area contributed by atoms with Gasteiger partial charge >= 0.3 is 12.1 Å². The zero-order valence-electron chi connectivity index (χ0n) is 21.4. The lowest BCUT2D eigenvalue weighted by molar-refractivity contribution is -0.154. The van der Waals surface area contributed by atoms with Crippen LogP contribution in [0.15, 0.2) is 60.7 Å². The van der Waals surface area contributed by atoms with Crippen LogP contribution in [0.3, 0.4) is 0 Å². The molecular weight excluding hydrogens is 460 g/mol. The SMILES string of the molecule is CC(C)(C)OC(=O)N(CCc1ccccc1)[C@H](CC(=O)N1CCOCC1)C(=O)OCc1ccccc1. The van der Waals surface area contributed by atoms with Gasteiger partial charge in [0.05, 0.1) is 19.6 Å². The third-order valence-corrected chi connectivity index (χ3v) is 5.72. The maximum Gasteiger partial charge on any atom is 0.411 e. The Hall–Kier alpha value is -3.39. The van der Waals surface area contributed by atoms with E-state index in [4.69, 9.17) is 14.2 Å². The number of benzene rings is 2. The monoisotopic (exact) mass is 496 g/mol. The Morgan fingerprint density at radius 2 is 1.53 bits per heavy atom. The number of rotatable bonds is 9. The highest BCUT2D eigenvalue weighted by atomic mass is 16.6. The lowest BCUT2D eigenvalue weighted by Crippen LogP contribution is -2.51. The molecule has 0 saturated carbocycles. The zero-order valence-corrected chi connectivity index (χ0v) is 21.4. The highest BCUT2D eigenvalue weighted by Crippen LogP contribution is 2.18. The van der Waals surface area contributed by atoms with Gasteiger partial charge in [-0.1, -0.05) is 60.7 Å². The minimum atomic E-state index is -1.12. The van der Waals surface area contributed by atoms with Crippen LogP contribution in [-0.4, -0.2) is 72.3 Å². The Labute approximate surface area is 213 Å². The molecule has 2 aromatic rings. The second kappa shape index (κ2) is 13.1. The van der Waals surface area contributed by atoms with Gasteiger partial charge in [0, 0.05) is 19.6 Å². The van der Waals surface area contributed by atoms with Crippen LogP contribution in [0, 0.1) is 0 Å². The number of ether oxygens (including phenoxy) is 3. The van der Waals surface area contributed by atoms with Crippen molar-refractivity contribution >= 4 is 18.0 Å². The Morgan fingerprint density at radius 3 is 2.11 bits per heavy atom. The van der Waals surface area contributed by atoms with Gasteiger partial charge < -0.3 is 19.1 Å². The normalized spacial score (nSPS) is 14.6. The van der Waals surface area contributed by atoms with Gasteiger partial charge in [0.15, 0.2) is 0 Å². The summed E-state index contributed by atoms with van der Waals surface area (Å²) in [7, 11) is 0. The summed E-state index contributed by atoms with van der Waals surface area (Å²) in [5.41, 5.74) is 1.05. The van der Waals surface area contributed by atoms with Crippen molar-refractivity contribution in [2.24, 2.45) is 0 Å². The van der Waals surface area contributed by atoms with Crippen molar-refractivity contribution in [3.05, 3.63) is 71.8 Å². The summed E-state index contributed by atoms with van der Waals surface area (Å²) < 4.78 is 16.6. The van der Waals surface area contributed by atoms with Gasteiger partial charge in [0.25, 0.3) is 0 Å². The molecule has 0 bridgehead atoms. The van der Waals surface area contributed by atoms with Crippen molar-refractivity contribution < 1.29 is 28.6 Å². The molecule has 1 atom stereocenters. The van der Waals surface area contributed by atoms with Crippen molar-refractivity contribution in [2.45, 2.75) is 51.9 Å². The molecule has 8 nitrogen and oxygen atoms in total. The van der Waals surface area contributed by atoms with Gasteiger partial charge in [-0.3, -0.25) is 9.69 Å². The molecule has 8 heteroatoms. The first kappa shape index (κ1) is 27.2. The Balaban J connectivity index is 1.83. The van der Waals surface area contributed by atoms with Crippen LogP contribution in [0.4, 0.5) is 4.79 Å². The molecule has 3 rings (SSSR count). The minimum Gasteiger partial charge on any atom is -0.459 e. The van der Waals surface area contributed by atoms with E-state index in [-0.39, 0.29) is 25.5 Å². The van der Waals surface area contributed by atoms with Crippen LogP contribution < -0.4 is 0 Å². The minimum absolute atomic E-state index is 0.0444. The average Bonchev–Trinajstić information content (AvgIpc) is 2.87. The van der Waals surface area contributed by atoms with Crippen LogP contribution in [0.5, 0.6) is 0 Å². The first-order valence-electron chi connectivity index (χ1n) is 12.3. The fourth-order valence-electron chi connectivity index (χ4n) is 3.84. The van der Waals surface area contributed by atoms with Crippen molar-refractivity contribution in [3.63, 3.8) is 0 Å². The molecular formula is C28H36N2O6. The van der Waals surface area contributed by atoms with E-state index in [1.807, 2.05) is 60.7 Å². The number of morpholine rings is 1. The van der Waals surface area contributed by atoms with Gasteiger partial charge in [-0.05, 0) is 38.3 Å². The molecule has 36 heavy (non-hydrogen) atoms. The van der Waals surface area contributed by atoms with E-state index in [1.165, 1.54) is 4.90 Å². The van der Waals surface area contributed by atoms with Crippen molar-refractivity contribution in [2.75, 3.05) is 32.8 Å². The van der Waals surface area contributed by atoms with Crippen LogP contribution in [0.25, 0.3) is 0 Å². The maximum atomic E-state index is 13.4. The van der Waals surface area contributed by atoms with E-state index in [2.05, 4.69) is 0 Å². The smallest absolute Gasteiger partial charge is 0.411 e. The number of hydrogen-bond donors (Lipinski definition) is 0. The number of carbonyl (C=O) groups excluding carboxylic acids is 3. The van der Waals surface area contributed by atoms with Crippen LogP contribution in [0.1, 0.15) is 38.3 Å². The number of esters is 1. The van der Waals surface area contributed by atoms with Crippen LogP contribution in [0.2, 0.25) is 0 Å². The fraction of sp³-hybridized carbons (Fsp3) is 0.464. The van der Waals surface area contributed by atoms with Crippen molar-refractivity contribution in [1.82, 2.24) is 9.80 Å². The van der Waals surface area contributed by atoms with Crippen LogP contribution in [-0.2, 0) is 36.8 Å². The first-order chi connectivity index (χ1) is 17.2. The second-order valence-electron chi connectivity index (χ2n) is 9.72. The van der Waals surface area contributed by atoms with E-state index in [9.17, 15) is 14.4 Å². The summed E-state index contributed by atoms with van der Waals surface area (Å²) in [6.45, 7) is 7.31. The molecule has 2 amide bonds. The summed E-state index contributed by atoms with van der Waals surface area (Å²) >= 11 is 0.